The van der Waals surface area contributed by atoms with Crippen LogP contribution in [-0.4, -0.2) is 53.3 Å². The number of nitrogens with zero attached hydrogens (tertiary/aromatic N) is 1. The predicted molar refractivity (Wildman–Crippen MR) is 83.7 cm³/mol. The van der Waals surface area contributed by atoms with Crippen molar-refractivity contribution in [1.82, 2.24) is 10.3 Å². The van der Waals surface area contributed by atoms with E-state index in [9.17, 15) is 24.0 Å². The van der Waals surface area contributed by atoms with Crippen molar-refractivity contribution < 1.29 is 33.8 Å². The first-order valence-corrected chi connectivity index (χ1v) is 7.16. The van der Waals surface area contributed by atoms with E-state index in [0.717, 1.165) is 6.20 Å². The molecule has 0 aliphatic carbocycles. The number of ether oxygens (including phenoxy) is 1. The van der Waals surface area contributed by atoms with E-state index in [1.165, 1.54) is 19.2 Å². The summed E-state index contributed by atoms with van der Waals surface area (Å²) in [6.07, 6.45) is 0.812. The Morgan fingerprint density at radius 1 is 1.28 bits per heavy atom. The monoisotopic (exact) mass is 351 g/mol. The zero-order valence-electron chi connectivity index (χ0n) is 13.4. The molecule has 0 spiro atoms. The van der Waals surface area contributed by atoms with Crippen molar-refractivity contribution in [3.63, 3.8) is 0 Å². The summed E-state index contributed by atoms with van der Waals surface area (Å²) in [6, 6.07) is 1.56. The van der Waals surface area contributed by atoms with Crippen LogP contribution < -0.4 is 10.6 Å². The SMILES string of the molecule is COC(=O)CCC(=O)Nc1ccc(C(=O)N[C@H](C=O)CC(=O)O)cn1. The first-order valence-electron chi connectivity index (χ1n) is 7.16. The molecule has 2 amide bonds. The van der Waals surface area contributed by atoms with Gasteiger partial charge in [0, 0.05) is 12.6 Å². The maximum atomic E-state index is 11.9. The molecule has 0 radical (unpaired) electrons. The number of aldehydes is 1. The maximum Gasteiger partial charge on any atom is 0.306 e. The maximum absolute atomic E-state index is 11.9. The summed E-state index contributed by atoms with van der Waals surface area (Å²) < 4.78 is 4.42. The normalized spacial score (nSPS) is 11.1. The van der Waals surface area contributed by atoms with Gasteiger partial charge < -0.3 is 25.3 Å². The van der Waals surface area contributed by atoms with Gasteiger partial charge in [-0.2, -0.15) is 0 Å². The van der Waals surface area contributed by atoms with Crippen molar-refractivity contribution in [3.05, 3.63) is 23.9 Å². The summed E-state index contributed by atoms with van der Waals surface area (Å²) in [5.41, 5.74) is 0.0878. The minimum atomic E-state index is -1.22. The van der Waals surface area contributed by atoms with Gasteiger partial charge in [0.2, 0.25) is 5.91 Å². The molecule has 10 heteroatoms. The van der Waals surface area contributed by atoms with Crippen LogP contribution in [0.2, 0.25) is 0 Å². The van der Waals surface area contributed by atoms with Gasteiger partial charge >= 0.3 is 11.9 Å². The molecule has 0 aliphatic heterocycles. The summed E-state index contributed by atoms with van der Waals surface area (Å²) >= 11 is 0. The van der Waals surface area contributed by atoms with Gasteiger partial charge in [0.05, 0.1) is 31.6 Å². The molecular weight excluding hydrogens is 334 g/mol. The molecule has 25 heavy (non-hydrogen) atoms. The molecule has 1 heterocycles. The number of rotatable bonds is 9. The summed E-state index contributed by atoms with van der Waals surface area (Å²) in [5.74, 6) is -2.68. The van der Waals surface area contributed by atoms with Crippen molar-refractivity contribution in [1.29, 1.82) is 0 Å². The lowest BCUT2D eigenvalue weighted by Gasteiger charge is -2.10. The number of aromatic nitrogens is 1. The Morgan fingerprint density at radius 2 is 2.00 bits per heavy atom. The fourth-order valence-electron chi connectivity index (χ4n) is 1.70. The van der Waals surface area contributed by atoms with E-state index in [2.05, 4.69) is 20.4 Å². The van der Waals surface area contributed by atoms with E-state index in [4.69, 9.17) is 5.11 Å². The number of methoxy groups -OCH3 is 1. The van der Waals surface area contributed by atoms with Gasteiger partial charge in [-0.25, -0.2) is 4.98 Å². The molecule has 0 aliphatic rings. The number of carbonyl (C=O) groups is 5. The van der Waals surface area contributed by atoms with Crippen LogP contribution >= 0.6 is 0 Å². The highest BCUT2D eigenvalue weighted by atomic mass is 16.5. The van der Waals surface area contributed by atoms with Crippen LogP contribution in [0.25, 0.3) is 0 Å². The number of carboxylic acid groups (broad SMARTS) is 1. The van der Waals surface area contributed by atoms with E-state index >= 15 is 0 Å². The topological polar surface area (TPSA) is 152 Å². The van der Waals surface area contributed by atoms with Gasteiger partial charge in [-0.05, 0) is 12.1 Å². The summed E-state index contributed by atoms with van der Waals surface area (Å²) in [4.78, 5) is 59.6. The van der Waals surface area contributed by atoms with Crippen LogP contribution in [0, 0.1) is 0 Å². The molecule has 0 unspecified atom stereocenters. The van der Waals surface area contributed by atoms with Crippen LogP contribution in [0.15, 0.2) is 18.3 Å². The Kier molecular flexibility index (Phi) is 7.70. The van der Waals surface area contributed by atoms with Crippen LogP contribution in [0.3, 0.4) is 0 Å². The number of carbonyl (C=O) groups excluding carboxylic acids is 4. The molecule has 10 nitrogen and oxygen atoms in total. The van der Waals surface area contributed by atoms with Crippen molar-refractivity contribution >= 4 is 35.9 Å². The average molecular weight is 351 g/mol. The lowest BCUT2D eigenvalue weighted by Crippen LogP contribution is -2.37. The largest absolute Gasteiger partial charge is 0.481 e. The fourth-order valence-corrected chi connectivity index (χ4v) is 1.70. The van der Waals surface area contributed by atoms with Gasteiger partial charge in [-0.15, -0.1) is 0 Å². The van der Waals surface area contributed by atoms with Gasteiger partial charge in [0.1, 0.15) is 12.1 Å². The molecule has 0 aromatic carbocycles. The Morgan fingerprint density at radius 3 is 2.52 bits per heavy atom. The van der Waals surface area contributed by atoms with Crippen LogP contribution in [0.4, 0.5) is 5.82 Å². The third-order valence-corrected chi connectivity index (χ3v) is 2.95. The first kappa shape index (κ1) is 19.7. The lowest BCUT2D eigenvalue weighted by molar-refractivity contribution is -0.141. The molecule has 134 valence electrons. The standard InChI is InChI=1S/C15H17N3O7/c1-25-14(23)5-4-12(20)18-11-3-2-9(7-16-11)15(24)17-10(8-19)6-13(21)22/h2-3,7-8,10H,4-6H2,1H3,(H,17,24)(H,21,22)(H,16,18,20)/t10-/m0/s1. The number of hydrogen-bond acceptors (Lipinski definition) is 7. The minimum Gasteiger partial charge on any atom is -0.481 e. The van der Waals surface area contributed by atoms with Crippen LogP contribution in [-0.2, 0) is 23.9 Å². The average Bonchev–Trinajstić information content (AvgIpc) is 2.59. The van der Waals surface area contributed by atoms with E-state index in [0.29, 0.717) is 6.29 Å². The third-order valence-electron chi connectivity index (χ3n) is 2.95. The number of aliphatic carboxylic acids is 1. The summed E-state index contributed by atoms with van der Waals surface area (Å²) in [6.45, 7) is 0. The molecule has 1 aromatic rings. The molecule has 0 saturated carbocycles. The second-order valence-corrected chi connectivity index (χ2v) is 4.87. The molecule has 0 bridgehead atoms. The van der Waals surface area contributed by atoms with E-state index in [-0.39, 0.29) is 24.2 Å². The second kappa shape index (κ2) is 9.75. The van der Waals surface area contributed by atoms with Gasteiger partial charge in [-0.3, -0.25) is 19.2 Å². The molecule has 0 saturated heterocycles. The van der Waals surface area contributed by atoms with Gasteiger partial charge in [0.15, 0.2) is 0 Å². The number of pyridine rings is 1. The van der Waals surface area contributed by atoms with Crippen molar-refractivity contribution in [2.75, 3.05) is 12.4 Å². The van der Waals surface area contributed by atoms with Crippen LogP contribution in [0.1, 0.15) is 29.6 Å². The van der Waals surface area contributed by atoms with Crippen molar-refractivity contribution in [2.45, 2.75) is 25.3 Å². The molecule has 3 N–H and O–H groups in total. The number of anilines is 1. The predicted octanol–water partition coefficient (Wildman–Crippen LogP) is -0.255. The number of amides is 2. The molecule has 1 rings (SSSR count). The second-order valence-electron chi connectivity index (χ2n) is 4.87. The van der Waals surface area contributed by atoms with Gasteiger partial charge in [0.25, 0.3) is 5.91 Å². The molecule has 0 fully saturated rings. The molecule has 1 aromatic heterocycles. The highest BCUT2D eigenvalue weighted by Gasteiger charge is 2.16. The number of hydrogen-bond donors (Lipinski definition) is 3. The lowest BCUT2D eigenvalue weighted by atomic mass is 10.2. The zero-order chi connectivity index (χ0) is 18.8. The smallest absolute Gasteiger partial charge is 0.306 e. The Balaban J connectivity index is 2.58. The van der Waals surface area contributed by atoms with Crippen molar-refractivity contribution in [3.8, 4) is 0 Å². The molecule has 1 atom stereocenters. The third kappa shape index (κ3) is 7.20. The van der Waals surface area contributed by atoms with Crippen LogP contribution in [0.5, 0.6) is 0 Å². The van der Waals surface area contributed by atoms with E-state index < -0.39 is 36.2 Å². The summed E-state index contributed by atoms with van der Waals surface area (Å²) in [5, 5.41) is 13.3. The number of carboxylic acids is 1. The number of esters is 1. The summed E-state index contributed by atoms with van der Waals surface area (Å²) in [7, 11) is 1.22. The Labute approximate surface area is 142 Å². The Hall–Kier alpha value is -3.30. The van der Waals surface area contributed by atoms with E-state index in [1.54, 1.807) is 0 Å². The van der Waals surface area contributed by atoms with Gasteiger partial charge in [-0.1, -0.05) is 0 Å². The van der Waals surface area contributed by atoms with Crippen molar-refractivity contribution in [2.24, 2.45) is 0 Å². The minimum absolute atomic E-state index is 0.0700. The van der Waals surface area contributed by atoms with E-state index in [1.807, 2.05) is 0 Å². The number of nitrogens with one attached hydrogen (secondary N) is 2. The fraction of sp³-hybridized carbons (Fsp3) is 0.333. The highest BCUT2D eigenvalue weighted by molar-refractivity contribution is 5.96. The highest BCUT2D eigenvalue weighted by Crippen LogP contribution is 2.07. The first-order chi connectivity index (χ1) is 11.8. The zero-order valence-corrected chi connectivity index (χ0v) is 13.4. The quantitative estimate of drug-likeness (QED) is 0.407. The molecular formula is C15H17N3O7. The Bertz CT molecular complexity index is 658.